The Balaban J connectivity index is 1.96. The Morgan fingerprint density at radius 3 is 2.82 bits per heavy atom. The van der Waals surface area contributed by atoms with E-state index in [4.69, 9.17) is 16.3 Å². The monoisotopic (exact) mass is 394 g/mol. The number of nitrogens with one attached hydrogen (secondary N) is 2. The average Bonchev–Trinajstić information content (AvgIpc) is 3.12. The number of aromatic nitrogens is 3. The van der Waals surface area contributed by atoms with E-state index in [1.165, 1.54) is 6.33 Å². The van der Waals surface area contributed by atoms with Crippen LogP contribution in [-0.4, -0.2) is 27.8 Å². The Morgan fingerprint density at radius 2 is 2.14 bits per heavy atom. The van der Waals surface area contributed by atoms with E-state index in [1.807, 2.05) is 13.0 Å². The lowest BCUT2D eigenvalue weighted by Gasteiger charge is -2.09. The first-order valence-corrected chi connectivity index (χ1v) is 8.94. The summed E-state index contributed by atoms with van der Waals surface area (Å²) in [5.74, 6) is 1.46. The molecule has 0 saturated heterocycles. The van der Waals surface area contributed by atoms with E-state index in [0.29, 0.717) is 39.5 Å². The van der Waals surface area contributed by atoms with Crippen LogP contribution in [0.25, 0.3) is 11.0 Å². The van der Waals surface area contributed by atoms with Crippen molar-refractivity contribution >= 4 is 34.2 Å². The fourth-order valence-electron chi connectivity index (χ4n) is 2.76. The van der Waals surface area contributed by atoms with E-state index in [-0.39, 0.29) is 10.8 Å². The normalized spacial score (nSPS) is 11.8. The van der Waals surface area contributed by atoms with Crippen LogP contribution in [0.4, 0.5) is 5.82 Å². The van der Waals surface area contributed by atoms with E-state index in [9.17, 15) is 4.79 Å². The Kier molecular flexibility index (Phi) is 5.91. The van der Waals surface area contributed by atoms with Crippen molar-refractivity contribution in [1.82, 2.24) is 15.0 Å². The molecular weight excluding hydrogens is 376 g/mol. The summed E-state index contributed by atoms with van der Waals surface area (Å²) >= 11 is 6.39. The lowest BCUT2D eigenvalue weighted by molar-refractivity contribution is 0.104. The van der Waals surface area contributed by atoms with Crippen molar-refractivity contribution in [2.24, 2.45) is 0 Å². The summed E-state index contributed by atoms with van der Waals surface area (Å²) in [5, 5.41) is 3.89. The zero-order valence-electron chi connectivity index (χ0n) is 15.5. The van der Waals surface area contributed by atoms with Crippen molar-refractivity contribution in [2.45, 2.75) is 6.92 Å². The molecule has 0 aliphatic heterocycles. The second-order valence-electron chi connectivity index (χ2n) is 5.78. The summed E-state index contributed by atoms with van der Waals surface area (Å²) in [5.41, 5.74) is 1.38. The Hall–Kier alpha value is -3.38. The molecule has 0 aliphatic rings. The van der Waals surface area contributed by atoms with Crippen LogP contribution < -0.4 is 10.1 Å². The minimum atomic E-state index is -0.232. The van der Waals surface area contributed by atoms with Gasteiger partial charge in [-0.3, -0.25) is 4.79 Å². The molecule has 0 saturated carbocycles. The third kappa shape index (κ3) is 3.82. The fourth-order valence-corrected chi connectivity index (χ4v) is 3.02. The predicted molar refractivity (Wildman–Crippen MR) is 112 cm³/mol. The number of hydrogen-bond acceptors (Lipinski definition) is 5. The van der Waals surface area contributed by atoms with Crippen molar-refractivity contribution < 1.29 is 9.53 Å². The average molecular weight is 395 g/mol. The number of ketones is 1. The molecule has 2 aromatic heterocycles. The molecule has 142 valence electrons. The second-order valence-corrected chi connectivity index (χ2v) is 6.18. The molecule has 3 rings (SSSR count). The van der Waals surface area contributed by atoms with Gasteiger partial charge in [-0.1, -0.05) is 30.3 Å². The van der Waals surface area contributed by atoms with Gasteiger partial charge in [-0.05, 0) is 31.2 Å². The molecule has 3 aromatic rings. The van der Waals surface area contributed by atoms with Crippen molar-refractivity contribution in [3.8, 4) is 5.75 Å². The van der Waals surface area contributed by atoms with Crippen LogP contribution in [0.3, 0.4) is 0 Å². The van der Waals surface area contributed by atoms with E-state index in [0.717, 1.165) is 0 Å². The summed E-state index contributed by atoms with van der Waals surface area (Å²) in [6.07, 6.45) is 10.1. The van der Waals surface area contributed by atoms with Crippen LogP contribution in [0.15, 0.2) is 67.4 Å². The van der Waals surface area contributed by atoms with Gasteiger partial charge in [-0.2, -0.15) is 0 Å². The summed E-state index contributed by atoms with van der Waals surface area (Å²) in [4.78, 5) is 24.4. The van der Waals surface area contributed by atoms with Crippen LogP contribution >= 0.6 is 11.6 Å². The molecule has 6 nitrogen and oxygen atoms in total. The van der Waals surface area contributed by atoms with Gasteiger partial charge in [0.25, 0.3) is 0 Å². The van der Waals surface area contributed by atoms with E-state index in [2.05, 4.69) is 26.8 Å². The molecule has 7 heteroatoms. The number of aromatic amines is 1. The van der Waals surface area contributed by atoms with Gasteiger partial charge in [-0.15, -0.1) is 0 Å². The van der Waals surface area contributed by atoms with E-state index < -0.39 is 0 Å². The Labute approximate surface area is 167 Å². The predicted octanol–water partition coefficient (Wildman–Crippen LogP) is 4.91. The first-order valence-electron chi connectivity index (χ1n) is 8.56. The molecule has 2 N–H and O–H groups in total. The number of nitrogens with zero attached hydrogens (tertiary/aromatic N) is 2. The maximum absolute atomic E-state index is 13.1. The highest BCUT2D eigenvalue weighted by atomic mass is 35.5. The number of carbonyl (C=O) groups is 1. The molecule has 0 atom stereocenters. The molecule has 0 radical (unpaired) electrons. The van der Waals surface area contributed by atoms with Crippen molar-refractivity contribution in [3.05, 3.63) is 83.5 Å². The highest BCUT2D eigenvalue weighted by Gasteiger charge is 2.20. The number of rotatable bonds is 7. The van der Waals surface area contributed by atoms with Crippen LogP contribution in [0.1, 0.15) is 22.8 Å². The number of benzene rings is 1. The molecule has 0 unspecified atom stereocenters. The van der Waals surface area contributed by atoms with E-state index >= 15 is 0 Å². The zero-order valence-corrected chi connectivity index (χ0v) is 16.2. The standard InChI is InChI=1S/C21H19ClN4O2/c1-4-6-13(7-5-2)28-14-8-9-15(17(22)10-14)19(27)16-11-24-21-18(16)20(23-3)25-12-26-21/h4-12H,1H2,2-3H3,(H2,23,24,25,26)/b7-5-,13-6+. The molecule has 0 fully saturated rings. The molecule has 2 heterocycles. The summed E-state index contributed by atoms with van der Waals surface area (Å²) in [7, 11) is 1.74. The second kappa shape index (κ2) is 8.54. The Bertz CT molecular complexity index is 1100. The van der Waals surface area contributed by atoms with Crippen LogP contribution in [-0.2, 0) is 0 Å². The van der Waals surface area contributed by atoms with Crippen molar-refractivity contribution in [3.63, 3.8) is 0 Å². The van der Waals surface area contributed by atoms with Gasteiger partial charge in [0.1, 0.15) is 29.3 Å². The maximum Gasteiger partial charge on any atom is 0.196 e. The van der Waals surface area contributed by atoms with Crippen molar-refractivity contribution in [2.75, 3.05) is 12.4 Å². The zero-order chi connectivity index (χ0) is 20.1. The van der Waals surface area contributed by atoms with Gasteiger partial charge in [0.05, 0.1) is 16.0 Å². The van der Waals surface area contributed by atoms with Crippen LogP contribution in [0.2, 0.25) is 5.02 Å². The third-order valence-corrected chi connectivity index (χ3v) is 4.30. The number of H-pyrrole nitrogens is 1. The van der Waals surface area contributed by atoms with Gasteiger partial charge in [0.15, 0.2) is 5.78 Å². The van der Waals surface area contributed by atoms with Gasteiger partial charge in [0.2, 0.25) is 0 Å². The topological polar surface area (TPSA) is 79.9 Å². The third-order valence-electron chi connectivity index (χ3n) is 3.99. The van der Waals surface area contributed by atoms with Crippen LogP contribution in [0.5, 0.6) is 5.75 Å². The number of carbonyl (C=O) groups excluding carboxylic acids is 1. The number of ether oxygens (including phenoxy) is 1. The van der Waals surface area contributed by atoms with Gasteiger partial charge >= 0.3 is 0 Å². The number of hydrogen-bond donors (Lipinski definition) is 2. The van der Waals surface area contributed by atoms with Gasteiger partial charge in [-0.25, -0.2) is 9.97 Å². The van der Waals surface area contributed by atoms with Gasteiger partial charge < -0.3 is 15.0 Å². The summed E-state index contributed by atoms with van der Waals surface area (Å²) < 4.78 is 5.78. The van der Waals surface area contributed by atoms with Gasteiger partial charge in [0, 0.05) is 24.9 Å². The largest absolute Gasteiger partial charge is 0.457 e. The van der Waals surface area contributed by atoms with Crippen LogP contribution in [0, 0.1) is 0 Å². The molecular formula is C21H19ClN4O2. The molecule has 0 bridgehead atoms. The first-order chi connectivity index (χ1) is 13.6. The SMILES string of the molecule is C=C/C=C(\C=C/C)Oc1ccc(C(=O)c2c[nH]c3ncnc(NC)c23)c(Cl)c1. The summed E-state index contributed by atoms with van der Waals surface area (Å²) in [6.45, 7) is 5.56. The number of allylic oxidation sites excluding steroid dienone is 4. The Morgan fingerprint density at radius 1 is 1.32 bits per heavy atom. The quantitative estimate of drug-likeness (QED) is 0.338. The minimum absolute atomic E-state index is 0.232. The lowest BCUT2D eigenvalue weighted by atomic mass is 10.0. The molecule has 1 aromatic carbocycles. The first kappa shape index (κ1) is 19.4. The number of anilines is 1. The fraction of sp³-hybridized carbons (Fsp3) is 0.0952. The highest BCUT2D eigenvalue weighted by Crippen LogP contribution is 2.30. The van der Waals surface area contributed by atoms with Crippen molar-refractivity contribution in [1.29, 1.82) is 0 Å². The van der Waals surface area contributed by atoms with E-state index in [1.54, 1.807) is 49.7 Å². The summed E-state index contributed by atoms with van der Waals surface area (Å²) in [6, 6.07) is 4.95. The number of halogens is 1. The number of fused-ring (bicyclic) bond motifs is 1. The smallest absolute Gasteiger partial charge is 0.196 e. The molecule has 0 amide bonds. The maximum atomic E-state index is 13.1. The minimum Gasteiger partial charge on any atom is -0.457 e. The molecule has 28 heavy (non-hydrogen) atoms. The molecule has 0 spiro atoms. The highest BCUT2D eigenvalue weighted by molar-refractivity contribution is 6.35. The lowest BCUT2D eigenvalue weighted by Crippen LogP contribution is -2.04. The molecule has 0 aliphatic carbocycles.